The first-order valence-electron chi connectivity index (χ1n) is 9.43. The van der Waals surface area contributed by atoms with Gasteiger partial charge in [-0.15, -0.1) is 0 Å². The molecule has 9 heteroatoms. The molecule has 1 aromatic heterocycles. The number of benzene rings is 2. The minimum absolute atomic E-state index is 0.00167. The van der Waals surface area contributed by atoms with E-state index in [0.717, 1.165) is 11.1 Å². The second-order valence-corrected chi connectivity index (χ2v) is 9.24. The predicted molar refractivity (Wildman–Crippen MR) is 115 cm³/mol. The normalized spacial score (nSPS) is 11.3. The topological polar surface area (TPSA) is 96.6 Å². The number of rotatable bonds is 7. The summed E-state index contributed by atoms with van der Waals surface area (Å²) in [5.74, 6) is 0.557. The van der Waals surface area contributed by atoms with E-state index in [4.69, 9.17) is 4.52 Å². The molecule has 30 heavy (non-hydrogen) atoms. The molecule has 0 bridgehead atoms. The fourth-order valence-electron chi connectivity index (χ4n) is 2.80. The standard InChI is InChI=1S/C21H24N4O4S/c1-5-30(27,28)25(4)18-12-10-17(11-13-18)21(26)24(3)14-19-22-20(23-29-19)16-8-6-15(2)7-9-16/h6-13H,5,14H2,1-4H3. The fraction of sp³-hybridized carbons (Fsp3) is 0.286. The smallest absolute Gasteiger partial charge is 0.254 e. The van der Waals surface area contributed by atoms with Crippen molar-refractivity contribution in [3.63, 3.8) is 0 Å². The summed E-state index contributed by atoms with van der Waals surface area (Å²) in [5, 5.41) is 3.98. The molecule has 158 valence electrons. The number of hydrogen-bond donors (Lipinski definition) is 0. The van der Waals surface area contributed by atoms with Crippen LogP contribution in [0.5, 0.6) is 0 Å². The maximum absolute atomic E-state index is 12.7. The Hall–Kier alpha value is -3.20. The lowest BCUT2D eigenvalue weighted by atomic mass is 10.1. The van der Waals surface area contributed by atoms with Crippen LogP contribution in [0.15, 0.2) is 53.1 Å². The highest BCUT2D eigenvalue weighted by atomic mass is 32.2. The number of nitrogens with zero attached hydrogens (tertiary/aromatic N) is 4. The SMILES string of the molecule is CCS(=O)(=O)N(C)c1ccc(C(=O)N(C)Cc2nc(-c3ccc(C)cc3)no2)cc1. The molecule has 0 aliphatic rings. The summed E-state index contributed by atoms with van der Waals surface area (Å²) in [6.07, 6.45) is 0. The highest BCUT2D eigenvalue weighted by molar-refractivity contribution is 7.92. The van der Waals surface area contributed by atoms with Crippen molar-refractivity contribution in [1.82, 2.24) is 15.0 Å². The number of carbonyl (C=O) groups excluding carboxylic acids is 1. The predicted octanol–water partition coefficient (Wildman–Crippen LogP) is 3.10. The summed E-state index contributed by atoms with van der Waals surface area (Å²) < 4.78 is 30.4. The van der Waals surface area contributed by atoms with Crippen molar-refractivity contribution in [3.05, 3.63) is 65.5 Å². The van der Waals surface area contributed by atoms with Gasteiger partial charge >= 0.3 is 0 Å². The third kappa shape index (κ3) is 4.68. The van der Waals surface area contributed by atoms with Crippen molar-refractivity contribution in [2.24, 2.45) is 0 Å². The molecule has 1 heterocycles. The Morgan fingerprint density at radius 2 is 1.67 bits per heavy atom. The largest absolute Gasteiger partial charge is 0.337 e. The minimum atomic E-state index is -3.35. The summed E-state index contributed by atoms with van der Waals surface area (Å²) in [5.41, 5.74) is 2.90. The van der Waals surface area contributed by atoms with Gasteiger partial charge in [-0.25, -0.2) is 8.42 Å². The van der Waals surface area contributed by atoms with Gasteiger partial charge in [-0.05, 0) is 38.1 Å². The van der Waals surface area contributed by atoms with E-state index in [1.54, 1.807) is 38.2 Å². The van der Waals surface area contributed by atoms with Crippen molar-refractivity contribution in [3.8, 4) is 11.4 Å². The molecular formula is C21H24N4O4S. The van der Waals surface area contributed by atoms with E-state index in [2.05, 4.69) is 10.1 Å². The molecule has 0 unspecified atom stereocenters. The van der Waals surface area contributed by atoms with E-state index in [9.17, 15) is 13.2 Å². The summed E-state index contributed by atoms with van der Waals surface area (Å²) in [7, 11) is -0.226. The van der Waals surface area contributed by atoms with Gasteiger partial charge in [0.05, 0.1) is 18.0 Å². The average molecular weight is 429 g/mol. The van der Waals surface area contributed by atoms with E-state index >= 15 is 0 Å². The maximum Gasteiger partial charge on any atom is 0.254 e. The van der Waals surface area contributed by atoms with Crippen molar-refractivity contribution in [2.45, 2.75) is 20.4 Å². The zero-order chi connectivity index (χ0) is 21.9. The molecule has 0 spiro atoms. The zero-order valence-electron chi connectivity index (χ0n) is 17.4. The molecule has 3 aromatic rings. The van der Waals surface area contributed by atoms with Crippen LogP contribution in [0, 0.1) is 6.92 Å². The van der Waals surface area contributed by atoms with E-state index in [0.29, 0.717) is 23.0 Å². The quantitative estimate of drug-likeness (QED) is 0.574. The van der Waals surface area contributed by atoms with Gasteiger partial charge in [-0.1, -0.05) is 35.0 Å². The Balaban J connectivity index is 1.68. The Morgan fingerprint density at radius 1 is 1.03 bits per heavy atom. The van der Waals surface area contributed by atoms with Gasteiger partial charge in [0.15, 0.2) is 0 Å². The molecule has 3 rings (SSSR count). The molecule has 0 aliphatic heterocycles. The summed E-state index contributed by atoms with van der Waals surface area (Å²) in [6, 6.07) is 14.2. The third-order valence-electron chi connectivity index (χ3n) is 4.76. The monoisotopic (exact) mass is 428 g/mol. The van der Waals surface area contributed by atoms with Crippen LogP contribution in [0.25, 0.3) is 11.4 Å². The van der Waals surface area contributed by atoms with Crippen LogP contribution in [-0.4, -0.2) is 49.2 Å². The first-order valence-corrected chi connectivity index (χ1v) is 11.0. The average Bonchev–Trinajstić information content (AvgIpc) is 3.21. The molecule has 0 N–H and O–H groups in total. The number of aromatic nitrogens is 2. The van der Waals surface area contributed by atoms with Gasteiger partial charge in [-0.3, -0.25) is 9.10 Å². The van der Waals surface area contributed by atoms with E-state index < -0.39 is 10.0 Å². The Morgan fingerprint density at radius 3 is 2.27 bits per heavy atom. The number of hydrogen-bond acceptors (Lipinski definition) is 6. The highest BCUT2D eigenvalue weighted by Crippen LogP contribution is 2.19. The maximum atomic E-state index is 12.7. The molecule has 0 saturated heterocycles. The highest BCUT2D eigenvalue weighted by Gasteiger charge is 2.19. The van der Waals surface area contributed by atoms with Gasteiger partial charge in [0.2, 0.25) is 21.7 Å². The Bertz CT molecular complexity index is 1120. The molecule has 0 atom stereocenters. The first-order chi connectivity index (χ1) is 14.2. The number of carbonyl (C=O) groups is 1. The Labute approximate surface area is 176 Å². The number of aryl methyl sites for hydroxylation is 1. The van der Waals surface area contributed by atoms with Crippen LogP contribution in [0.1, 0.15) is 28.7 Å². The summed E-state index contributed by atoms with van der Waals surface area (Å²) >= 11 is 0. The van der Waals surface area contributed by atoms with Crippen LogP contribution < -0.4 is 4.31 Å². The second-order valence-electron chi connectivity index (χ2n) is 6.95. The molecule has 0 fully saturated rings. The number of sulfonamides is 1. The number of anilines is 1. The van der Waals surface area contributed by atoms with Crippen LogP contribution in [0.2, 0.25) is 0 Å². The lowest BCUT2D eigenvalue weighted by Crippen LogP contribution is -2.28. The van der Waals surface area contributed by atoms with Gasteiger partial charge in [-0.2, -0.15) is 4.98 Å². The molecule has 1 amide bonds. The van der Waals surface area contributed by atoms with Crippen LogP contribution in [-0.2, 0) is 16.6 Å². The summed E-state index contributed by atoms with van der Waals surface area (Å²) in [4.78, 5) is 18.5. The fourth-order valence-corrected chi connectivity index (χ4v) is 3.63. The first kappa shape index (κ1) is 21.5. The molecule has 0 aliphatic carbocycles. The van der Waals surface area contributed by atoms with Gasteiger partial charge < -0.3 is 9.42 Å². The molecule has 0 saturated carbocycles. The minimum Gasteiger partial charge on any atom is -0.337 e. The Kier molecular flexibility index (Phi) is 6.21. The van der Waals surface area contributed by atoms with Crippen molar-refractivity contribution < 1.29 is 17.7 Å². The van der Waals surface area contributed by atoms with E-state index in [1.807, 2.05) is 31.2 Å². The molecule has 8 nitrogen and oxygen atoms in total. The van der Waals surface area contributed by atoms with Crippen molar-refractivity contribution in [1.29, 1.82) is 0 Å². The van der Waals surface area contributed by atoms with Gasteiger partial charge in [0.1, 0.15) is 0 Å². The number of amides is 1. The lowest BCUT2D eigenvalue weighted by Gasteiger charge is -2.19. The lowest BCUT2D eigenvalue weighted by molar-refractivity contribution is 0.0769. The van der Waals surface area contributed by atoms with E-state index in [-0.39, 0.29) is 18.2 Å². The van der Waals surface area contributed by atoms with Crippen LogP contribution in [0.3, 0.4) is 0 Å². The summed E-state index contributed by atoms with van der Waals surface area (Å²) in [6.45, 7) is 3.74. The molecule has 0 radical (unpaired) electrons. The van der Waals surface area contributed by atoms with Crippen LogP contribution >= 0.6 is 0 Å². The van der Waals surface area contributed by atoms with E-state index in [1.165, 1.54) is 16.3 Å². The van der Waals surface area contributed by atoms with Crippen molar-refractivity contribution >= 4 is 21.6 Å². The van der Waals surface area contributed by atoms with Crippen LogP contribution in [0.4, 0.5) is 5.69 Å². The molecular weight excluding hydrogens is 404 g/mol. The molecule has 2 aromatic carbocycles. The third-order valence-corrected chi connectivity index (χ3v) is 6.53. The zero-order valence-corrected chi connectivity index (χ0v) is 18.2. The van der Waals surface area contributed by atoms with Gasteiger partial charge in [0, 0.05) is 25.2 Å². The second kappa shape index (κ2) is 8.66. The van der Waals surface area contributed by atoms with Crippen molar-refractivity contribution in [2.75, 3.05) is 24.2 Å². The van der Waals surface area contributed by atoms with Gasteiger partial charge in [0.25, 0.3) is 5.91 Å².